The lowest BCUT2D eigenvalue weighted by Crippen LogP contribution is -2.44. The number of carbonyl (C=O) groups excluding carboxylic acids is 1. The maximum atomic E-state index is 12.4. The lowest BCUT2D eigenvalue weighted by atomic mass is 10.2. The molecule has 0 aliphatic rings. The number of methoxy groups -OCH3 is 1. The molecule has 2 aromatic rings. The fourth-order valence-electron chi connectivity index (χ4n) is 2.39. The third-order valence-corrected chi connectivity index (χ3v) is 5.39. The van der Waals surface area contributed by atoms with Gasteiger partial charge < -0.3 is 14.6 Å². The van der Waals surface area contributed by atoms with Crippen molar-refractivity contribution in [1.29, 1.82) is 0 Å². The Bertz CT molecular complexity index is 841. The first kappa shape index (κ1) is 18.9. The van der Waals surface area contributed by atoms with Crippen LogP contribution in [0.2, 0.25) is 0 Å². The van der Waals surface area contributed by atoms with Crippen LogP contribution in [0.15, 0.2) is 33.7 Å². The van der Waals surface area contributed by atoms with Crippen LogP contribution in [0, 0.1) is 13.8 Å². The number of hydrogen-bond donors (Lipinski definition) is 2. The molecule has 0 bridgehead atoms. The van der Waals surface area contributed by atoms with Crippen molar-refractivity contribution in [2.24, 2.45) is 0 Å². The standard InChI is InChI=1S/C16H21N3O5S/c1-10-15(12(3)24-18-10)25(21,22)19-11(2)16(20)17-9-13-7-5-6-8-14(13)23-4/h5-8,11,19H,9H2,1-4H3,(H,17,20)/t11-/m0/s1. The normalized spacial score (nSPS) is 12.6. The molecule has 136 valence electrons. The van der Waals surface area contributed by atoms with E-state index in [2.05, 4.69) is 15.2 Å². The van der Waals surface area contributed by atoms with E-state index in [0.29, 0.717) is 5.75 Å². The van der Waals surface area contributed by atoms with Gasteiger partial charge in [0.1, 0.15) is 16.3 Å². The van der Waals surface area contributed by atoms with Crippen molar-refractivity contribution in [2.75, 3.05) is 7.11 Å². The summed E-state index contributed by atoms with van der Waals surface area (Å²) in [5.74, 6) is 0.361. The van der Waals surface area contributed by atoms with E-state index in [1.54, 1.807) is 13.2 Å². The van der Waals surface area contributed by atoms with Crippen molar-refractivity contribution < 1.29 is 22.5 Å². The molecule has 1 atom stereocenters. The second kappa shape index (κ2) is 7.66. The lowest BCUT2D eigenvalue weighted by Gasteiger charge is -2.15. The number of aryl methyl sites for hydroxylation is 2. The molecule has 0 fully saturated rings. The SMILES string of the molecule is COc1ccccc1CNC(=O)[C@H](C)NS(=O)(=O)c1c(C)noc1C. The first-order valence-corrected chi connectivity index (χ1v) is 9.09. The van der Waals surface area contributed by atoms with Gasteiger partial charge >= 0.3 is 0 Å². The summed E-state index contributed by atoms with van der Waals surface area (Å²) < 4.78 is 37.2. The highest BCUT2D eigenvalue weighted by atomic mass is 32.2. The van der Waals surface area contributed by atoms with Crippen LogP contribution in [0.3, 0.4) is 0 Å². The fraction of sp³-hybridized carbons (Fsp3) is 0.375. The smallest absolute Gasteiger partial charge is 0.246 e. The van der Waals surface area contributed by atoms with Gasteiger partial charge in [-0.05, 0) is 26.8 Å². The van der Waals surface area contributed by atoms with Crippen molar-refractivity contribution in [3.05, 3.63) is 41.3 Å². The van der Waals surface area contributed by atoms with Crippen LogP contribution in [-0.2, 0) is 21.4 Å². The van der Waals surface area contributed by atoms with Crippen LogP contribution in [-0.4, -0.2) is 32.6 Å². The van der Waals surface area contributed by atoms with Crippen LogP contribution in [0.1, 0.15) is 23.9 Å². The number of carbonyl (C=O) groups is 1. The van der Waals surface area contributed by atoms with Crippen LogP contribution in [0.5, 0.6) is 5.75 Å². The Labute approximate surface area is 146 Å². The van der Waals surface area contributed by atoms with Crippen LogP contribution < -0.4 is 14.8 Å². The average Bonchev–Trinajstić information content (AvgIpc) is 2.91. The number of benzene rings is 1. The summed E-state index contributed by atoms with van der Waals surface area (Å²) in [4.78, 5) is 12.2. The number of nitrogens with zero attached hydrogens (tertiary/aromatic N) is 1. The third kappa shape index (κ3) is 4.37. The molecule has 25 heavy (non-hydrogen) atoms. The second-order valence-electron chi connectivity index (χ2n) is 5.53. The summed E-state index contributed by atoms with van der Waals surface area (Å²) in [7, 11) is -2.37. The molecule has 8 nitrogen and oxygen atoms in total. The van der Waals surface area contributed by atoms with Gasteiger partial charge in [0.15, 0.2) is 5.76 Å². The highest BCUT2D eigenvalue weighted by Crippen LogP contribution is 2.19. The van der Waals surface area contributed by atoms with Gasteiger partial charge in [-0.2, -0.15) is 4.72 Å². The number of aromatic nitrogens is 1. The Balaban J connectivity index is 2.03. The summed E-state index contributed by atoms with van der Waals surface area (Å²) in [6, 6.07) is 6.29. The summed E-state index contributed by atoms with van der Waals surface area (Å²) >= 11 is 0. The summed E-state index contributed by atoms with van der Waals surface area (Å²) in [6.45, 7) is 4.71. The Morgan fingerprint density at radius 2 is 2.00 bits per heavy atom. The predicted molar refractivity (Wildman–Crippen MR) is 90.6 cm³/mol. The second-order valence-corrected chi connectivity index (χ2v) is 7.18. The van der Waals surface area contributed by atoms with E-state index in [-0.39, 0.29) is 22.9 Å². The highest BCUT2D eigenvalue weighted by Gasteiger charge is 2.28. The van der Waals surface area contributed by atoms with E-state index >= 15 is 0 Å². The Hall–Kier alpha value is -2.39. The molecule has 0 saturated carbocycles. The zero-order valence-electron chi connectivity index (χ0n) is 14.5. The van der Waals surface area contributed by atoms with Gasteiger partial charge in [0.05, 0.1) is 13.2 Å². The van der Waals surface area contributed by atoms with Gasteiger partial charge in [0, 0.05) is 12.1 Å². The third-order valence-electron chi connectivity index (χ3n) is 3.61. The fourth-order valence-corrected chi connectivity index (χ4v) is 3.92. The Morgan fingerprint density at radius 1 is 1.32 bits per heavy atom. The van der Waals surface area contributed by atoms with Gasteiger partial charge in [-0.25, -0.2) is 8.42 Å². The van der Waals surface area contributed by atoms with E-state index in [0.717, 1.165) is 5.56 Å². The predicted octanol–water partition coefficient (Wildman–Crippen LogP) is 1.28. The van der Waals surface area contributed by atoms with Crippen LogP contribution in [0.4, 0.5) is 0 Å². The molecule has 1 aromatic carbocycles. The zero-order valence-corrected chi connectivity index (χ0v) is 15.3. The van der Waals surface area contributed by atoms with Gasteiger partial charge in [0.2, 0.25) is 15.9 Å². The van der Waals surface area contributed by atoms with Crippen molar-refractivity contribution in [1.82, 2.24) is 15.2 Å². The maximum Gasteiger partial charge on any atom is 0.246 e. The molecule has 0 aliphatic carbocycles. The number of ether oxygens (including phenoxy) is 1. The van der Waals surface area contributed by atoms with Crippen molar-refractivity contribution in [2.45, 2.75) is 38.3 Å². The molecular formula is C16H21N3O5S. The molecule has 1 heterocycles. The monoisotopic (exact) mass is 367 g/mol. The molecule has 2 rings (SSSR count). The largest absolute Gasteiger partial charge is 0.496 e. The first-order valence-electron chi connectivity index (χ1n) is 7.61. The van der Waals surface area contributed by atoms with Crippen molar-refractivity contribution in [3.63, 3.8) is 0 Å². The van der Waals surface area contributed by atoms with E-state index in [1.807, 2.05) is 18.2 Å². The molecule has 9 heteroatoms. The van der Waals surface area contributed by atoms with Crippen LogP contribution in [0.25, 0.3) is 0 Å². The molecular weight excluding hydrogens is 346 g/mol. The highest BCUT2D eigenvalue weighted by molar-refractivity contribution is 7.89. The number of sulfonamides is 1. The quantitative estimate of drug-likeness (QED) is 0.763. The lowest BCUT2D eigenvalue weighted by molar-refractivity contribution is -0.122. The van der Waals surface area contributed by atoms with E-state index in [4.69, 9.17) is 9.26 Å². The number of nitrogens with one attached hydrogen (secondary N) is 2. The van der Waals surface area contributed by atoms with Gasteiger partial charge in [0.25, 0.3) is 0 Å². The Kier molecular flexibility index (Phi) is 5.81. The van der Waals surface area contributed by atoms with Gasteiger partial charge in [-0.3, -0.25) is 4.79 Å². The maximum absolute atomic E-state index is 12.4. The number of hydrogen-bond acceptors (Lipinski definition) is 6. The number of amides is 1. The summed E-state index contributed by atoms with van der Waals surface area (Å²) in [5.41, 5.74) is 1.03. The minimum Gasteiger partial charge on any atom is -0.496 e. The summed E-state index contributed by atoms with van der Waals surface area (Å²) in [6.07, 6.45) is 0. The minimum atomic E-state index is -3.91. The van der Waals surface area contributed by atoms with Crippen molar-refractivity contribution in [3.8, 4) is 5.75 Å². The molecule has 0 spiro atoms. The summed E-state index contributed by atoms with van der Waals surface area (Å²) in [5, 5.41) is 6.31. The van der Waals surface area contributed by atoms with E-state index in [1.165, 1.54) is 20.8 Å². The van der Waals surface area contributed by atoms with E-state index < -0.39 is 22.0 Å². The number of rotatable bonds is 7. The van der Waals surface area contributed by atoms with Gasteiger partial charge in [-0.15, -0.1) is 0 Å². The molecule has 0 radical (unpaired) electrons. The van der Waals surface area contributed by atoms with Crippen molar-refractivity contribution >= 4 is 15.9 Å². The van der Waals surface area contributed by atoms with E-state index in [9.17, 15) is 13.2 Å². The molecule has 1 amide bonds. The average molecular weight is 367 g/mol. The Morgan fingerprint density at radius 3 is 2.60 bits per heavy atom. The topological polar surface area (TPSA) is 111 Å². The molecule has 0 saturated heterocycles. The van der Waals surface area contributed by atoms with Gasteiger partial charge in [-0.1, -0.05) is 23.4 Å². The molecule has 0 aliphatic heterocycles. The molecule has 1 aromatic heterocycles. The first-order chi connectivity index (χ1) is 11.8. The molecule has 0 unspecified atom stereocenters. The van der Waals surface area contributed by atoms with Crippen LogP contribution >= 0.6 is 0 Å². The molecule has 2 N–H and O–H groups in total. The minimum absolute atomic E-state index is 0.0446. The zero-order chi connectivity index (χ0) is 18.6. The number of para-hydroxylation sites is 1.